The first-order chi connectivity index (χ1) is 11.5. The third-order valence-corrected chi connectivity index (χ3v) is 5.63. The monoisotopic (exact) mass is 339 g/mol. The van der Waals surface area contributed by atoms with E-state index in [-0.39, 0.29) is 17.4 Å². The van der Waals surface area contributed by atoms with Gasteiger partial charge in [0.15, 0.2) is 9.84 Å². The predicted octanol–water partition coefficient (Wildman–Crippen LogP) is 2.46. The summed E-state index contributed by atoms with van der Waals surface area (Å²) in [7, 11) is -3.06. The van der Waals surface area contributed by atoms with Crippen molar-refractivity contribution in [1.82, 2.24) is 0 Å². The van der Waals surface area contributed by atoms with Gasteiger partial charge >= 0.3 is 0 Å². The minimum atomic E-state index is -3.06. The molecule has 0 aliphatic carbocycles. The van der Waals surface area contributed by atoms with Crippen molar-refractivity contribution in [3.05, 3.63) is 65.7 Å². The molecular weight excluding hydrogens is 322 g/mol. The fraction of sp³-hybridized carbons (Fsp3) is 0.211. The molecule has 122 valence electrons. The van der Waals surface area contributed by atoms with Crippen LogP contribution in [0.2, 0.25) is 0 Å². The molecule has 0 bridgehead atoms. The van der Waals surface area contributed by atoms with Gasteiger partial charge in [0.25, 0.3) is 0 Å². The second-order valence-electron chi connectivity index (χ2n) is 5.79. The fourth-order valence-corrected chi connectivity index (χ4v) is 4.33. The van der Waals surface area contributed by atoms with Crippen molar-refractivity contribution in [3.63, 3.8) is 0 Å². The Balaban J connectivity index is 1.70. The topological polar surface area (TPSA) is 63.2 Å². The number of carbonyl (C=O) groups is 1. The van der Waals surface area contributed by atoms with Crippen LogP contribution in [0.5, 0.6) is 0 Å². The average molecular weight is 339 g/mol. The van der Waals surface area contributed by atoms with E-state index >= 15 is 0 Å². The van der Waals surface area contributed by atoms with E-state index in [2.05, 4.69) is 17.2 Å². The molecule has 1 amide bonds. The Hall–Kier alpha value is -2.58. The van der Waals surface area contributed by atoms with Crippen molar-refractivity contribution in [3.8, 4) is 11.8 Å². The Bertz CT molecular complexity index is 908. The lowest BCUT2D eigenvalue weighted by Crippen LogP contribution is -2.23. The molecule has 0 aromatic heterocycles. The third-order valence-electron chi connectivity index (χ3n) is 3.86. The fourth-order valence-electron chi connectivity index (χ4n) is 2.59. The van der Waals surface area contributed by atoms with Gasteiger partial charge in [-0.1, -0.05) is 36.1 Å². The van der Waals surface area contributed by atoms with Crippen molar-refractivity contribution in [2.75, 3.05) is 16.8 Å². The molecule has 3 rings (SSSR count). The van der Waals surface area contributed by atoms with Crippen molar-refractivity contribution < 1.29 is 13.2 Å². The number of sulfone groups is 1. The van der Waals surface area contributed by atoms with Crippen LogP contribution >= 0.6 is 0 Å². The summed E-state index contributed by atoms with van der Waals surface area (Å²) in [6.45, 7) is 0. The van der Waals surface area contributed by atoms with Gasteiger partial charge < -0.3 is 5.32 Å². The van der Waals surface area contributed by atoms with Crippen LogP contribution in [0.25, 0.3) is 0 Å². The van der Waals surface area contributed by atoms with Gasteiger partial charge in [-0.3, -0.25) is 4.79 Å². The normalized spacial score (nSPS) is 18.4. The van der Waals surface area contributed by atoms with Crippen molar-refractivity contribution >= 4 is 21.4 Å². The molecular formula is C19H17NO3S. The van der Waals surface area contributed by atoms with Crippen LogP contribution in [0, 0.1) is 17.8 Å². The minimum Gasteiger partial charge on any atom is -0.326 e. The molecule has 2 aromatic rings. The molecule has 1 aliphatic heterocycles. The molecule has 0 radical (unpaired) electrons. The van der Waals surface area contributed by atoms with Gasteiger partial charge in [-0.15, -0.1) is 0 Å². The molecule has 1 fully saturated rings. The van der Waals surface area contributed by atoms with E-state index in [1.807, 2.05) is 42.5 Å². The molecule has 5 heteroatoms. The van der Waals surface area contributed by atoms with Crippen LogP contribution in [-0.4, -0.2) is 25.8 Å². The number of nitrogens with one attached hydrogen (secondary N) is 1. The maximum Gasteiger partial charge on any atom is 0.228 e. The van der Waals surface area contributed by atoms with Crippen LogP contribution < -0.4 is 5.32 Å². The Morgan fingerprint density at radius 3 is 2.42 bits per heavy atom. The molecule has 1 atom stereocenters. The van der Waals surface area contributed by atoms with Crippen LogP contribution in [0.1, 0.15) is 17.5 Å². The molecule has 1 N–H and O–H groups in total. The maximum atomic E-state index is 12.2. The van der Waals surface area contributed by atoms with Gasteiger partial charge in [0.1, 0.15) is 0 Å². The van der Waals surface area contributed by atoms with Gasteiger partial charge in [-0.25, -0.2) is 8.42 Å². The average Bonchev–Trinajstić information content (AvgIpc) is 2.94. The van der Waals surface area contributed by atoms with Gasteiger partial charge in [0.2, 0.25) is 5.91 Å². The number of carbonyl (C=O) groups excluding carboxylic acids is 1. The lowest BCUT2D eigenvalue weighted by Gasteiger charge is -2.09. The Kier molecular flexibility index (Phi) is 4.68. The second-order valence-corrected chi connectivity index (χ2v) is 8.01. The zero-order chi connectivity index (χ0) is 17.0. The van der Waals surface area contributed by atoms with Crippen LogP contribution in [0.15, 0.2) is 54.6 Å². The summed E-state index contributed by atoms with van der Waals surface area (Å²) >= 11 is 0. The number of hydrogen-bond donors (Lipinski definition) is 1. The lowest BCUT2D eigenvalue weighted by molar-refractivity contribution is -0.119. The molecule has 1 heterocycles. The Morgan fingerprint density at radius 2 is 1.71 bits per heavy atom. The van der Waals surface area contributed by atoms with Gasteiger partial charge in [0.05, 0.1) is 17.4 Å². The predicted molar refractivity (Wildman–Crippen MR) is 94.3 cm³/mol. The van der Waals surface area contributed by atoms with Gasteiger partial charge in [-0.05, 0) is 36.8 Å². The highest BCUT2D eigenvalue weighted by Gasteiger charge is 2.32. The summed E-state index contributed by atoms with van der Waals surface area (Å²) in [5, 5.41) is 2.79. The summed E-state index contributed by atoms with van der Waals surface area (Å²) in [4.78, 5) is 12.2. The molecule has 0 saturated carbocycles. The smallest absolute Gasteiger partial charge is 0.228 e. The number of hydrogen-bond acceptors (Lipinski definition) is 3. The van der Waals surface area contributed by atoms with Crippen LogP contribution in [0.3, 0.4) is 0 Å². The second kappa shape index (κ2) is 6.90. The van der Waals surface area contributed by atoms with E-state index in [4.69, 9.17) is 0 Å². The quantitative estimate of drug-likeness (QED) is 0.855. The van der Waals surface area contributed by atoms with Crippen molar-refractivity contribution in [1.29, 1.82) is 0 Å². The summed E-state index contributed by atoms with van der Waals surface area (Å²) in [5.74, 6) is 5.44. The first-order valence-electron chi connectivity index (χ1n) is 7.70. The number of amides is 1. The van der Waals surface area contributed by atoms with E-state index in [1.54, 1.807) is 12.1 Å². The van der Waals surface area contributed by atoms with E-state index in [0.717, 1.165) is 11.1 Å². The van der Waals surface area contributed by atoms with E-state index < -0.39 is 15.8 Å². The highest BCUT2D eigenvalue weighted by Crippen LogP contribution is 2.20. The summed E-state index contributed by atoms with van der Waals surface area (Å²) < 4.78 is 22.9. The summed E-state index contributed by atoms with van der Waals surface area (Å²) in [6, 6.07) is 16.9. The SMILES string of the molecule is O=C(Nc1cccc(C#Cc2ccccc2)c1)C1CCS(=O)(=O)C1. The largest absolute Gasteiger partial charge is 0.326 e. The zero-order valence-corrected chi connectivity index (χ0v) is 13.8. The standard InChI is InChI=1S/C19H17NO3S/c21-19(17-11-12-24(22,23)14-17)20-18-8-4-7-16(13-18)10-9-15-5-2-1-3-6-15/h1-8,13,17H,11-12,14H2,(H,20,21). The molecule has 1 saturated heterocycles. The highest BCUT2D eigenvalue weighted by atomic mass is 32.2. The van der Waals surface area contributed by atoms with E-state index in [1.165, 1.54) is 0 Å². The summed E-state index contributed by atoms with van der Waals surface area (Å²) in [6.07, 6.45) is 0.391. The Labute approximate surface area is 141 Å². The molecule has 0 spiro atoms. The first kappa shape index (κ1) is 16.3. The number of rotatable bonds is 2. The van der Waals surface area contributed by atoms with Crippen LogP contribution in [0.4, 0.5) is 5.69 Å². The molecule has 4 nitrogen and oxygen atoms in total. The lowest BCUT2D eigenvalue weighted by atomic mass is 10.1. The molecule has 2 aromatic carbocycles. The van der Waals surface area contributed by atoms with E-state index in [0.29, 0.717) is 12.1 Å². The maximum absolute atomic E-state index is 12.2. The first-order valence-corrected chi connectivity index (χ1v) is 9.52. The highest BCUT2D eigenvalue weighted by molar-refractivity contribution is 7.91. The van der Waals surface area contributed by atoms with Crippen molar-refractivity contribution in [2.45, 2.75) is 6.42 Å². The third kappa shape index (κ3) is 4.24. The Morgan fingerprint density at radius 1 is 1.00 bits per heavy atom. The minimum absolute atomic E-state index is 0.0632. The number of benzene rings is 2. The van der Waals surface area contributed by atoms with Gasteiger partial charge in [-0.2, -0.15) is 0 Å². The summed E-state index contributed by atoms with van der Waals surface area (Å²) in [5.41, 5.74) is 2.34. The molecule has 1 aliphatic rings. The number of anilines is 1. The van der Waals surface area contributed by atoms with E-state index in [9.17, 15) is 13.2 Å². The van der Waals surface area contributed by atoms with Gasteiger partial charge in [0, 0.05) is 16.8 Å². The van der Waals surface area contributed by atoms with Crippen molar-refractivity contribution in [2.24, 2.45) is 5.92 Å². The zero-order valence-electron chi connectivity index (χ0n) is 13.0. The van der Waals surface area contributed by atoms with Crippen LogP contribution in [-0.2, 0) is 14.6 Å². The molecule has 1 unspecified atom stereocenters. The molecule has 24 heavy (non-hydrogen) atoms.